The fraction of sp³-hybridized carbons (Fsp3) is 0.421. The zero-order valence-corrected chi connectivity index (χ0v) is 15.9. The Balaban J connectivity index is 2.11. The van der Waals surface area contributed by atoms with Crippen LogP contribution in [-0.4, -0.2) is 34.8 Å². The molecule has 6 heteroatoms. The monoisotopic (exact) mass is 360 g/mol. The van der Waals surface area contributed by atoms with Gasteiger partial charge in [0, 0.05) is 17.2 Å². The van der Waals surface area contributed by atoms with E-state index in [1.54, 1.807) is 0 Å². The Morgan fingerprint density at radius 1 is 1.28 bits per heavy atom. The highest BCUT2D eigenvalue weighted by Crippen LogP contribution is 2.30. The lowest BCUT2D eigenvalue weighted by Crippen LogP contribution is -2.34. The van der Waals surface area contributed by atoms with Crippen LogP contribution < -0.4 is 5.32 Å². The molecule has 1 aromatic carbocycles. The number of ketones is 1. The maximum Gasteiger partial charge on any atom is 0.244 e. The first-order chi connectivity index (χ1) is 11.7. The molecule has 0 aliphatic carbocycles. The van der Waals surface area contributed by atoms with Gasteiger partial charge in [-0.25, -0.2) is 0 Å². The lowest BCUT2D eigenvalue weighted by Gasteiger charge is -2.19. The summed E-state index contributed by atoms with van der Waals surface area (Å²) in [6.07, 6.45) is 2.28. The fourth-order valence-corrected chi connectivity index (χ4v) is 3.25. The molecule has 0 unspecified atom stereocenters. The summed E-state index contributed by atoms with van der Waals surface area (Å²) in [6, 6.07) is 7.59. The molecule has 5 nitrogen and oxygen atoms in total. The molecule has 1 fully saturated rings. The molecule has 134 valence electrons. The number of allylic oxidation sites excluding steroid dienone is 1. The fourth-order valence-electron chi connectivity index (χ4n) is 2.31. The molecule has 0 atom stereocenters. The summed E-state index contributed by atoms with van der Waals surface area (Å²) in [5, 5.41) is 3.40. The van der Waals surface area contributed by atoms with Crippen LogP contribution >= 0.6 is 11.8 Å². The summed E-state index contributed by atoms with van der Waals surface area (Å²) >= 11 is 1.30. The minimum atomic E-state index is -0.521. The maximum atomic E-state index is 12.4. The Hall–Kier alpha value is -2.08. The van der Waals surface area contributed by atoms with Gasteiger partial charge in [0.15, 0.2) is 5.78 Å². The van der Waals surface area contributed by atoms with E-state index in [0.29, 0.717) is 5.03 Å². The third-order valence-electron chi connectivity index (χ3n) is 3.88. The minimum absolute atomic E-state index is 0.0635. The highest BCUT2D eigenvalue weighted by molar-refractivity contribution is 8.04. The van der Waals surface area contributed by atoms with E-state index in [0.717, 1.165) is 17.7 Å². The van der Waals surface area contributed by atoms with Gasteiger partial charge in [-0.1, -0.05) is 57.7 Å². The molecule has 2 amide bonds. The van der Waals surface area contributed by atoms with Crippen LogP contribution in [0.3, 0.4) is 0 Å². The smallest absolute Gasteiger partial charge is 0.244 e. The number of aryl methyl sites for hydroxylation is 1. The first kappa shape index (κ1) is 19.2. The first-order valence-corrected chi connectivity index (χ1v) is 9.28. The highest BCUT2D eigenvalue weighted by Gasteiger charge is 2.30. The van der Waals surface area contributed by atoms with E-state index in [9.17, 15) is 14.4 Å². The second-order valence-electron chi connectivity index (χ2n) is 6.92. The Morgan fingerprint density at radius 3 is 2.60 bits per heavy atom. The topological polar surface area (TPSA) is 66.5 Å². The van der Waals surface area contributed by atoms with Crippen LogP contribution in [0.15, 0.2) is 35.4 Å². The summed E-state index contributed by atoms with van der Waals surface area (Å²) in [4.78, 5) is 38.1. The Labute approximate surface area is 152 Å². The number of benzene rings is 1. The lowest BCUT2D eigenvalue weighted by molar-refractivity contribution is -0.129. The molecule has 0 spiro atoms. The summed E-state index contributed by atoms with van der Waals surface area (Å²) in [5.41, 5.74) is 1.27. The molecular formula is C19H24N2O3S. The van der Waals surface area contributed by atoms with Gasteiger partial charge in [0.25, 0.3) is 0 Å². The number of hydrogen-bond donors (Lipinski definition) is 1. The number of hydrogen-bond acceptors (Lipinski definition) is 4. The van der Waals surface area contributed by atoms with Crippen molar-refractivity contribution in [1.29, 1.82) is 0 Å². The number of rotatable bonds is 5. The quantitative estimate of drug-likeness (QED) is 0.819. The summed E-state index contributed by atoms with van der Waals surface area (Å²) in [7, 11) is 0. The van der Waals surface area contributed by atoms with Crippen molar-refractivity contribution in [3.8, 4) is 0 Å². The molecule has 1 saturated heterocycles. The van der Waals surface area contributed by atoms with E-state index in [4.69, 9.17) is 0 Å². The van der Waals surface area contributed by atoms with Crippen molar-refractivity contribution in [3.05, 3.63) is 40.9 Å². The maximum absolute atomic E-state index is 12.4. The molecule has 0 saturated carbocycles. The zero-order chi connectivity index (χ0) is 18.6. The van der Waals surface area contributed by atoms with Gasteiger partial charge in [-0.2, -0.15) is 0 Å². The van der Waals surface area contributed by atoms with Gasteiger partial charge >= 0.3 is 0 Å². The number of amides is 2. The van der Waals surface area contributed by atoms with Crippen LogP contribution in [0.4, 0.5) is 5.69 Å². The SMILES string of the molecule is CCc1ccccc1NC(=O)CN1C(=O)CS/C1=C\C(=O)C(C)(C)C. The zero-order valence-electron chi connectivity index (χ0n) is 15.1. The van der Waals surface area contributed by atoms with Crippen molar-refractivity contribution >= 4 is 35.0 Å². The standard InChI is InChI=1S/C19H24N2O3S/c1-5-13-8-6-7-9-14(13)20-16(23)11-21-17(24)12-25-18(21)10-15(22)19(2,3)4/h6-10H,5,11-12H2,1-4H3,(H,20,23)/b18-10-. The molecule has 0 bridgehead atoms. The molecular weight excluding hydrogens is 336 g/mol. The van der Waals surface area contributed by atoms with Crippen molar-refractivity contribution < 1.29 is 14.4 Å². The van der Waals surface area contributed by atoms with Gasteiger partial charge < -0.3 is 5.32 Å². The van der Waals surface area contributed by atoms with E-state index in [-0.39, 0.29) is 29.9 Å². The third-order valence-corrected chi connectivity index (χ3v) is 4.90. The second-order valence-corrected chi connectivity index (χ2v) is 7.92. The van der Waals surface area contributed by atoms with Crippen molar-refractivity contribution in [1.82, 2.24) is 4.90 Å². The molecule has 1 aromatic rings. The van der Waals surface area contributed by atoms with Gasteiger partial charge in [-0.15, -0.1) is 0 Å². The van der Waals surface area contributed by atoms with Crippen molar-refractivity contribution in [2.45, 2.75) is 34.1 Å². The average Bonchev–Trinajstić information content (AvgIpc) is 2.87. The highest BCUT2D eigenvalue weighted by atomic mass is 32.2. The Morgan fingerprint density at radius 2 is 1.96 bits per heavy atom. The second kappa shape index (κ2) is 7.87. The number of anilines is 1. The number of carbonyl (C=O) groups excluding carboxylic acids is 3. The number of nitrogens with one attached hydrogen (secondary N) is 1. The Kier molecular flexibility index (Phi) is 6.06. The molecule has 2 rings (SSSR count). The van der Waals surface area contributed by atoms with Gasteiger partial charge in [0.1, 0.15) is 6.54 Å². The van der Waals surface area contributed by atoms with E-state index in [1.165, 1.54) is 22.7 Å². The molecule has 1 aliphatic rings. The molecule has 1 N–H and O–H groups in total. The van der Waals surface area contributed by atoms with Crippen LogP contribution in [-0.2, 0) is 20.8 Å². The lowest BCUT2D eigenvalue weighted by atomic mass is 9.91. The van der Waals surface area contributed by atoms with Crippen LogP contribution in [0, 0.1) is 5.41 Å². The molecule has 0 aromatic heterocycles. The normalized spacial score (nSPS) is 16.4. The van der Waals surface area contributed by atoms with Crippen molar-refractivity contribution in [2.75, 3.05) is 17.6 Å². The van der Waals surface area contributed by atoms with Crippen molar-refractivity contribution in [3.63, 3.8) is 0 Å². The van der Waals surface area contributed by atoms with E-state index < -0.39 is 5.41 Å². The van der Waals surface area contributed by atoms with E-state index in [1.807, 2.05) is 52.0 Å². The van der Waals surface area contributed by atoms with Gasteiger partial charge in [0.2, 0.25) is 11.8 Å². The van der Waals surface area contributed by atoms with Crippen molar-refractivity contribution in [2.24, 2.45) is 5.41 Å². The molecule has 1 aliphatic heterocycles. The van der Waals surface area contributed by atoms with E-state index >= 15 is 0 Å². The van der Waals surface area contributed by atoms with Crippen LogP contribution in [0.1, 0.15) is 33.3 Å². The molecule has 25 heavy (non-hydrogen) atoms. The number of nitrogens with zero attached hydrogens (tertiary/aromatic N) is 1. The number of carbonyl (C=O) groups is 3. The van der Waals surface area contributed by atoms with Crippen LogP contribution in [0.5, 0.6) is 0 Å². The summed E-state index contributed by atoms with van der Waals surface area (Å²) < 4.78 is 0. The summed E-state index contributed by atoms with van der Waals surface area (Å²) in [5.74, 6) is -0.239. The van der Waals surface area contributed by atoms with Gasteiger partial charge in [-0.3, -0.25) is 19.3 Å². The predicted molar refractivity (Wildman–Crippen MR) is 101 cm³/mol. The third kappa shape index (κ3) is 4.95. The first-order valence-electron chi connectivity index (χ1n) is 8.29. The predicted octanol–water partition coefficient (Wildman–Crippen LogP) is 3.22. The molecule has 0 radical (unpaired) electrons. The van der Waals surface area contributed by atoms with Gasteiger partial charge in [-0.05, 0) is 18.1 Å². The van der Waals surface area contributed by atoms with Gasteiger partial charge in [0.05, 0.1) is 10.8 Å². The summed E-state index contributed by atoms with van der Waals surface area (Å²) in [6.45, 7) is 7.41. The number of para-hydroxylation sites is 1. The largest absolute Gasteiger partial charge is 0.324 e. The number of thioether (sulfide) groups is 1. The minimum Gasteiger partial charge on any atom is -0.324 e. The Bertz CT molecular complexity index is 720. The van der Waals surface area contributed by atoms with E-state index in [2.05, 4.69) is 5.32 Å². The van der Waals surface area contributed by atoms with Crippen LogP contribution in [0.25, 0.3) is 0 Å². The average molecular weight is 360 g/mol. The molecule has 1 heterocycles. The van der Waals surface area contributed by atoms with Crippen LogP contribution in [0.2, 0.25) is 0 Å².